The summed E-state index contributed by atoms with van der Waals surface area (Å²) in [4.78, 5) is 0. The smallest absolute Gasteiger partial charge is 0.186 e. The van der Waals surface area contributed by atoms with Crippen LogP contribution in [0, 0.1) is 52.3 Å². The molecular formula is C45H76O19. The average molecular weight is 921 g/mol. The van der Waals surface area contributed by atoms with Gasteiger partial charge in [-0.1, -0.05) is 27.7 Å². The second-order valence-electron chi connectivity index (χ2n) is 21.5. The van der Waals surface area contributed by atoms with Crippen LogP contribution >= 0.6 is 0 Å². The Kier molecular flexibility index (Phi) is 14.9. The summed E-state index contributed by atoms with van der Waals surface area (Å²) in [7, 11) is 0. The zero-order valence-electron chi connectivity index (χ0n) is 37.5. The highest BCUT2D eigenvalue weighted by molar-refractivity contribution is 5.15. The lowest BCUT2D eigenvalue weighted by molar-refractivity contribution is -0.338. The lowest BCUT2D eigenvalue weighted by Gasteiger charge is -2.61. The molecule has 4 saturated carbocycles. The van der Waals surface area contributed by atoms with Gasteiger partial charge in [-0.2, -0.15) is 0 Å². The highest BCUT2D eigenvalue weighted by atomic mass is 16.7. The molecular weight excluding hydrogens is 844 g/mol. The number of ether oxygens (including phenoxy) is 7. The predicted octanol–water partition coefficient (Wildman–Crippen LogP) is -1.78. The van der Waals surface area contributed by atoms with Crippen LogP contribution in [0.1, 0.15) is 91.9 Å². The maximum atomic E-state index is 12.0. The molecule has 27 atom stereocenters. The lowest BCUT2D eigenvalue weighted by Crippen LogP contribution is -2.62. The summed E-state index contributed by atoms with van der Waals surface area (Å²) in [6.45, 7) is 7.53. The summed E-state index contributed by atoms with van der Waals surface area (Å²) in [6, 6.07) is 0. The van der Waals surface area contributed by atoms with E-state index in [2.05, 4.69) is 20.8 Å². The van der Waals surface area contributed by atoms with Gasteiger partial charge in [0, 0.05) is 12.3 Å². The van der Waals surface area contributed by atoms with E-state index in [1.54, 1.807) is 0 Å². The van der Waals surface area contributed by atoms with E-state index < -0.39 is 118 Å². The SMILES string of the molecule is C[C@H](CC[C@@]1(O)O[C@H]2C[C@H]3[C@@H]4CC[C@@H]5C[C@@H](O[C@@H]6O[C@H](CO[C@@H]7O[C@H](CO)[C@@H](O)[C@H](O)[C@H]7O)[C@@H](O)[C@H](O)[C@H]6O)CC[C@]5(C)[C@H]4CC[C@]3(C)[C@H]2[C@@H]1C)CO[C@@H]1O[C@H](CO)[C@@H](O)[C@H](O)[C@H]1O. The zero-order valence-corrected chi connectivity index (χ0v) is 37.5. The van der Waals surface area contributed by atoms with Crippen LogP contribution in [-0.4, -0.2) is 198 Å². The Hall–Kier alpha value is -0.760. The molecule has 0 radical (unpaired) electrons. The predicted molar refractivity (Wildman–Crippen MR) is 219 cm³/mol. The summed E-state index contributed by atoms with van der Waals surface area (Å²) >= 11 is 0. The molecule has 4 aliphatic carbocycles. The van der Waals surface area contributed by atoms with Gasteiger partial charge in [-0.15, -0.1) is 0 Å². The summed E-state index contributed by atoms with van der Waals surface area (Å²) in [5.74, 6) is 0.654. The summed E-state index contributed by atoms with van der Waals surface area (Å²) < 4.78 is 41.3. The minimum Gasteiger partial charge on any atom is -0.394 e. The molecule has 0 amide bonds. The first kappa shape index (κ1) is 49.7. The van der Waals surface area contributed by atoms with E-state index in [4.69, 9.17) is 33.2 Å². The van der Waals surface area contributed by atoms with Gasteiger partial charge in [0.15, 0.2) is 24.7 Å². The third-order valence-corrected chi connectivity index (χ3v) is 18.0. The van der Waals surface area contributed by atoms with Gasteiger partial charge in [-0.25, -0.2) is 0 Å². The van der Waals surface area contributed by atoms with Crippen molar-refractivity contribution in [1.82, 2.24) is 0 Å². The first-order chi connectivity index (χ1) is 30.3. The number of rotatable bonds is 13. The number of aliphatic hydroxyl groups excluding tert-OH is 11. The fourth-order valence-electron chi connectivity index (χ4n) is 14.1. The van der Waals surface area contributed by atoms with Gasteiger partial charge in [0.25, 0.3) is 0 Å². The Morgan fingerprint density at radius 2 is 1.19 bits per heavy atom. The van der Waals surface area contributed by atoms with E-state index in [1.165, 1.54) is 0 Å². The van der Waals surface area contributed by atoms with Gasteiger partial charge in [-0.3, -0.25) is 0 Å². The van der Waals surface area contributed by atoms with Crippen molar-refractivity contribution in [3.05, 3.63) is 0 Å². The number of hydrogen-bond acceptors (Lipinski definition) is 19. The van der Waals surface area contributed by atoms with Crippen molar-refractivity contribution in [1.29, 1.82) is 0 Å². The molecule has 4 heterocycles. The van der Waals surface area contributed by atoms with Crippen molar-refractivity contribution in [2.75, 3.05) is 26.4 Å². The van der Waals surface area contributed by atoms with Crippen LogP contribution in [0.25, 0.3) is 0 Å². The highest BCUT2D eigenvalue weighted by Crippen LogP contribution is 2.71. The monoisotopic (exact) mass is 920 g/mol. The normalized spacial score (nSPS) is 55.6. The Labute approximate surface area is 374 Å². The minimum atomic E-state index is -1.66. The fourth-order valence-corrected chi connectivity index (χ4v) is 14.1. The molecule has 0 spiro atoms. The molecule has 0 aromatic heterocycles. The maximum absolute atomic E-state index is 12.0. The standard InChI is InChI=1S/C45H76O19/c1-19(17-58-40-37(54)34(51)31(48)27(15-46)61-40)7-12-45(57)20(2)30-26(64-45)14-25-23-6-5-21-13-22(8-10-43(21,3)24(23)9-11-44(25,30)4)60-42-39(56)36(53)33(50)29(63-42)18-59-41-38(55)35(52)32(49)28(16-47)62-41/h19-42,46-57H,5-18H2,1-4H3/t19-,20+,21-,22+,23-,24+,25+,26+,27-,28-,29-,30+,31-,32-,33-,34+,35+,36+,37-,38-,39-,40-,41-,42-,43+,44+,45-/m1/s1. The fraction of sp³-hybridized carbons (Fsp3) is 1.00. The van der Waals surface area contributed by atoms with Crippen molar-refractivity contribution in [3.8, 4) is 0 Å². The Morgan fingerprint density at radius 3 is 1.81 bits per heavy atom. The van der Waals surface area contributed by atoms with Crippen LogP contribution in [0.4, 0.5) is 0 Å². The second kappa shape index (κ2) is 19.2. The molecule has 8 rings (SSSR count). The molecule has 0 aromatic rings. The van der Waals surface area contributed by atoms with E-state index in [9.17, 15) is 61.3 Å². The first-order valence-corrected chi connectivity index (χ1v) is 23.9. The van der Waals surface area contributed by atoms with Gasteiger partial charge >= 0.3 is 0 Å². The van der Waals surface area contributed by atoms with E-state index >= 15 is 0 Å². The van der Waals surface area contributed by atoms with E-state index in [0.717, 1.165) is 51.4 Å². The Bertz CT molecular complexity index is 1560. The Morgan fingerprint density at radius 1 is 0.625 bits per heavy atom. The zero-order chi connectivity index (χ0) is 46.2. The van der Waals surface area contributed by atoms with Crippen LogP contribution in [0.3, 0.4) is 0 Å². The molecule has 0 bridgehead atoms. The highest BCUT2D eigenvalue weighted by Gasteiger charge is 2.68. The third kappa shape index (κ3) is 8.76. The van der Waals surface area contributed by atoms with E-state index in [0.29, 0.717) is 36.5 Å². The van der Waals surface area contributed by atoms with Gasteiger partial charge in [0.2, 0.25) is 0 Å². The van der Waals surface area contributed by atoms with E-state index in [-0.39, 0.29) is 47.4 Å². The van der Waals surface area contributed by atoms with Crippen LogP contribution in [0.15, 0.2) is 0 Å². The lowest BCUT2D eigenvalue weighted by atomic mass is 9.44. The van der Waals surface area contributed by atoms with Gasteiger partial charge in [0.05, 0.1) is 38.6 Å². The maximum Gasteiger partial charge on any atom is 0.186 e. The van der Waals surface area contributed by atoms with Crippen molar-refractivity contribution >= 4 is 0 Å². The summed E-state index contributed by atoms with van der Waals surface area (Å²) in [6.07, 6.45) is -13.2. The topological polar surface area (TPSA) is 307 Å². The van der Waals surface area contributed by atoms with Crippen molar-refractivity contribution < 1.29 is 94.4 Å². The largest absolute Gasteiger partial charge is 0.394 e. The first-order valence-electron chi connectivity index (χ1n) is 23.9. The summed E-state index contributed by atoms with van der Waals surface area (Å²) in [5.41, 5.74) is 0.0896. The van der Waals surface area contributed by atoms with Crippen LogP contribution in [-0.2, 0) is 33.2 Å². The molecule has 4 saturated heterocycles. The molecule has 4 aliphatic heterocycles. The van der Waals surface area contributed by atoms with E-state index in [1.807, 2.05) is 6.92 Å². The van der Waals surface area contributed by atoms with Crippen molar-refractivity contribution in [2.45, 2.75) is 202 Å². The minimum absolute atomic E-state index is 0.0139. The Balaban J connectivity index is 0.833. The number of aliphatic hydroxyl groups is 12. The molecule has 64 heavy (non-hydrogen) atoms. The van der Waals surface area contributed by atoms with Gasteiger partial charge < -0.3 is 94.4 Å². The molecule has 8 fully saturated rings. The quantitative estimate of drug-likeness (QED) is 0.0909. The molecule has 19 heteroatoms. The van der Waals surface area contributed by atoms with Crippen molar-refractivity contribution in [2.24, 2.45) is 52.3 Å². The second-order valence-corrected chi connectivity index (χ2v) is 21.5. The summed E-state index contributed by atoms with van der Waals surface area (Å²) in [5, 5.41) is 125. The molecule has 0 unspecified atom stereocenters. The molecule has 8 aliphatic rings. The molecule has 370 valence electrons. The molecule has 0 aromatic carbocycles. The van der Waals surface area contributed by atoms with Crippen LogP contribution in [0.2, 0.25) is 0 Å². The number of fused-ring (bicyclic) bond motifs is 7. The number of hydrogen-bond donors (Lipinski definition) is 12. The average Bonchev–Trinajstić information content (AvgIpc) is 3.71. The van der Waals surface area contributed by atoms with Crippen molar-refractivity contribution in [3.63, 3.8) is 0 Å². The van der Waals surface area contributed by atoms with Gasteiger partial charge in [0.1, 0.15) is 73.2 Å². The van der Waals surface area contributed by atoms with Gasteiger partial charge in [-0.05, 0) is 104 Å². The van der Waals surface area contributed by atoms with Crippen LogP contribution in [0.5, 0.6) is 0 Å². The molecule has 12 N–H and O–H groups in total. The molecule has 19 nitrogen and oxygen atoms in total. The third-order valence-electron chi connectivity index (χ3n) is 18.0. The van der Waals surface area contributed by atoms with Crippen LogP contribution < -0.4 is 0 Å².